The Balaban J connectivity index is 2.54. The summed E-state index contributed by atoms with van der Waals surface area (Å²) in [5.74, 6) is -2.24. The number of rotatable bonds is 7. The highest BCUT2D eigenvalue weighted by atomic mass is 32.1. The average Bonchev–Trinajstić information content (AvgIpc) is 2.91. The van der Waals surface area contributed by atoms with Gasteiger partial charge in [0.15, 0.2) is 0 Å². The Morgan fingerprint density at radius 1 is 1.35 bits per heavy atom. The molecule has 0 aliphatic rings. The molecule has 2 amide bonds. The van der Waals surface area contributed by atoms with Gasteiger partial charge in [-0.2, -0.15) is 0 Å². The number of hydrogen-bond acceptors (Lipinski definition) is 5. The van der Waals surface area contributed by atoms with Crippen molar-refractivity contribution >= 4 is 29.1 Å². The number of carboxylic acid groups (broad SMARTS) is 1. The van der Waals surface area contributed by atoms with Crippen LogP contribution in [0.25, 0.3) is 0 Å². The van der Waals surface area contributed by atoms with E-state index in [-0.39, 0.29) is 13.0 Å². The van der Waals surface area contributed by atoms with Crippen LogP contribution in [0.5, 0.6) is 0 Å². The zero-order valence-electron chi connectivity index (χ0n) is 10.8. The van der Waals surface area contributed by atoms with Crippen molar-refractivity contribution in [2.75, 3.05) is 6.61 Å². The van der Waals surface area contributed by atoms with Crippen LogP contribution in [0, 0.1) is 0 Å². The number of carbonyl (C=O) groups is 3. The molecule has 2 atom stereocenters. The highest BCUT2D eigenvalue weighted by molar-refractivity contribution is 7.12. The van der Waals surface area contributed by atoms with Crippen LogP contribution in [-0.2, 0) is 9.59 Å². The third kappa shape index (κ3) is 4.63. The van der Waals surface area contributed by atoms with Gasteiger partial charge in [0, 0.05) is 13.0 Å². The van der Waals surface area contributed by atoms with Crippen molar-refractivity contribution in [2.45, 2.75) is 25.4 Å². The summed E-state index contributed by atoms with van der Waals surface area (Å²) in [6.07, 6.45) is -0.0906. The summed E-state index contributed by atoms with van der Waals surface area (Å²) in [5.41, 5.74) is 0. The van der Waals surface area contributed by atoms with Gasteiger partial charge in [-0.3, -0.25) is 9.59 Å². The first-order chi connectivity index (χ1) is 9.45. The quantitative estimate of drug-likeness (QED) is 0.557. The number of nitrogens with one attached hydrogen (secondary N) is 2. The minimum atomic E-state index is -1.23. The molecule has 1 aromatic heterocycles. The van der Waals surface area contributed by atoms with Crippen molar-refractivity contribution in [2.24, 2.45) is 0 Å². The Hall–Kier alpha value is -1.93. The lowest BCUT2D eigenvalue weighted by Crippen LogP contribution is -2.50. The summed E-state index contributed by atoms with van der Waals surface area (Å²) in [6.45, 7) is 1.10. The number of thiophene rings is 1. The summed E-state index contributed by atoms with van der Waals surface area (Å²) in [4.78, 5) is 34.8. The average molecular weight is 300 g/mol. The second kappa shape index (κ2) is 7.61. The van der Waals surface area contributed by atoms with Crippen LogP contribution >= 0.6 is 11.3 Å². The molecule has 0 radical (unpaired) electrons. The largest absolute Gasteiger partial charge is 0.480 e. The van der Waals surface area contributed by atoms with E-state index < -0.39 is 29.9 Å². The van der Waals surface area contributed by atoms with Crippen LogP contribution < -0.4 is 10.6 Å². The first kappa shape index (κ1) is 16.1. The van der Waals surface area contributed by atoms with Crippen LogP contribution in [-0.4, -0.2) is 46.7 Å². The second-order valence-electron chi connectivity index (χ2n) is 4.08. The lowest BCUT2D eigenvalue weighted by molar-refractivity contribution is -0.142. The lowest BCUT2D eigenvalue weighted by Gasteiger charge is -2.17. The van der Waals surface area contributed by atoms with Crippen molar-refractivity contribution in [1.29, 1.82) is 0 Å². The number of carbonyl (C=O) groups excluding carboxylic acids is 2. The predicted octanol–water partition coefficient (Wildman–Crippen LogP) is -0.182. The Morgan fingerprint density at radius 3 is 2.55 bits per heavy atom. The number of aliphatic carboxylic acids is 1. The maximum Gasteiger partial charge on any atom is 0.326 e. The van der Waals surface area contributed by atoms with Crippen molar-refractivity contribution < 1.29 is 24.6 Å². The molecule has 8 heteroatoms. The standard InChI is InChI=1S/C12H16N2O5S/c1-7(13-11(17)9-3-2-6-20-9)10(16)14-8(4-5-15)12(18)19/h2-3,6-8,15H,4-5H2,1H3,(H,13,17)(H,14,16)(H,18,19)/t7?,8-/m1/s1. The van der Waals surface area contributed by atoms with Crippen LogP contribution in [0.15, 0.2) is 17.5 Å². The van der Waals surface area contributed by atoms with E-state index in [1.165, 1.54) is 18.3 Å². The Morgan fingerprint density at radius 2 is 2.05 bits per heavy atom. The van der Waals surface area contributed by atoms with Gasteiger partial charge < -0.3 is 20.8 Å². The van der Waals surface area contributed by atoms with E-state index in [4.69, 9.17) is 10.2 Å². The molecule has 0 fully saturated rings. The molecule has 20 heavy (non-hydrogen) atoms. The van der Waals surface area contributed by atoms with E-state index in [1.807, 2.05) is 0 Å². The molecule has 4 N–H and O–H groups in total. The summed E-state index contributed by atoms with van der Waals surface area (Å²) < 4.78 is 0. The molecule has 0 spiro atoms. The SMILES string of the molecule is CC(NC(=O)c1cccs1)C(=O)N[C@H](CCO)C(=O)O. The van der Waals surface area contributed by atoms with Crippen molar-refractivity contribution in [3.8, 4) is 0 Å². The van der Waals surface area contributed by atoms with E-state index in [0.29, 0.717) is 4.88 Å². The first-order valence-electron chi connectivity index (χ1n) is 5.94. The first-order valence-corrected chi connectivity index (χ1v) is 6.82. The van der Waals surface area contributed by atoms with Crippen LogP contribution in [0.2, 0.25) is 0 Å². The molecule has 1 rings (SSSR count). The van der Waals surface area contributed by atoms with Crippen molar-refractivity contribution in [3.63, 3.8) is 0 Å². The highest BCUT2D eigenvalue weighted by Gasteiger charge is 2.23. The minimum absolute atomic E-state index is 0.0906. The number of carboxylic acids is 1. The molecule has 0 saturated heterocycles. The van der Waals surface area contributed by atoms with Gasteiger partial charge in [-0.25, -0.2) is 4.79 Å². The predicted molar refractivity (Wildman–Crippen MR) is 72.5 cm³/mol. The molecule has 0 aliphatic carbocycles. The fraction of sp³-hybridized carbons (Fsp3) is 0.417. The summed E-state index contributed by atoms with van der Waals surface area (Å²) in [6, 6.07) is 1.29. The van der Waals surface area contributed by atoms with Gasteiger partial charge in [-0.15, -0.1) is 11.3 Å². The molecule has 1 unspecified atom stereocenters. The number of aliphatic hydroxyl groups is 1. The van der Waals surface area contributed by atoms with E-state index >= 15 is 0 Å². The maximum absolute atomic E-state index is 11.8. The second-order valence-corrected chi connectivity index (χ2v) is 5.03. The summed E-state index contributed by atoms with van der Waals surface area (Å²) >= 11 is 1.24. The van der Waals surface area contributed by atoms with Crippen LogP contribution in [0.1, 0.15) is 23.0 Å². The molecule has 0 saturated carbocycles. The number of amides is 2. The fourth-order valence-corrected chi connectivity index (χ4v) is 2.05. The fourth-order valence-electron chi connectivity index (χ4n) is 1.42. The number of hydrogen-bond donors (Lipinski definition) is 4. The molecule has 0 bridgehead atoms. The molecule has 1 aromatic rings. The van der Waals surface area contributed by atoms with Gasteiger partial charge in [-0.1, -0.05) is 6.07 Å². The van der Waals surface area contributed by atoms with Gasteiger partial charge in [0.25, 0.3) is 5.91 Å². The van der Waals surface area contributed by atoms with E-state index in [1.54, 1.807) is 17.5 Å². The molecule has 7 nitrogen and oxygen atoms in total. The summed E-state index contributed by atoms with van der Waals surface area (Å²) in [7, 11) is 0. The molecule has 0 aromatic carbocycles. The van der Waals surface area contributed by atoms with Crippen LogP contribution in [0.3, 0.4) is 0 Å². The zero-order valence-corrected chi connectivity index (χ0v) is 11.6. The normalized spacial score (nSPS) is 13.3. The smallest absolute Gasteiger partial charge is 0.326 e. The maximum atomic E-state index is 11.8. The van der Waals surface area contributed by atoms with Gasteiger partial charge in [0.2, 0.25) is 5.91 Å². The highest BCUT2D eigenvalue weighted by Crippen LogP contribution is 2.08. The number of aliphatic hydroxyl groups excluding tert-OH is 1. The zero-order chi connectivity index (χ0) is 15.1. The lowest BCUT2D eigenvalue weighted by atomic mass is 10.2. The van der Waals surface area contributed by atoms with Crippen LogP contribution in [0.4, 0.5) is 0 Å². The van der Waals surface area contributed by atoms with E-state index in [9.17, 15) is 14.4 Å². The Labute approximate surface area is 119 Å². The third-order valence-corrected chi connectivity index (χ3v) is 3.39. The monoisotopic (exact) mass is 300 g/mol. The molecule has 1 heterocycles. The minimum Gasteiger partial charge on any atom is -0.480 e. The van der Waals surface area contributed by atoms with Gasteiger partial charge >= 0.3 is 5.97 Å². The molecule has 110 valence electrons. The topological polar surface area (TPSA) is 116 Å². The Bertz CT molecular complexity index is 474. The molecular weight excluding hydrogens is 284 g/mol. The Kier molecular flexibility index (Phi) is 6.13. The van der Waals surface area contributed by atoms with Gasteiger partial charge in [0.1, 0.15) is 12.1 Å². The van der Waals surface area contributed by atoms with Gasteiger partial charge in [-0.05, 0) is 18.4 Å². The van der Waals surface area contributed by atoms with E-state index in [2.05, 4.69) is 10.6 Å². The van der Waals surface area contributed by atoms with Crippen molar-refractivity contribution in [1.82, 2.24) is 10.6 Å². The molecule has 0 aliphatic heterocycles. The molecular formula is C12H16N2O5S. The van der Waals surface area contributed by atoms with E-state index in [0.717, 1.165) is 0 Å². The van der Waals surface area contributed by atoms with Gasteiger partial charge in [0.05, 0.1) is 4.88 Å². The van der Waals surface area contributed by atoms with Crippen molar-refractivity contribution in [3.05, 3.63) is 22.4 Å². The summed E-state index contributed by atoms with van der Waals surface area (Å²) in [5, 5.41) is 24.0. The third-order valence-electron chi connectivity index (χ3n) is 2.52.